The fourth-order valence-electron chi connectivity index (χ4n) is 4.61. The molecular formula is C27H28F3N3O5S. The van der Waals surface area contributed by atoms with Crippen LogP contribution >= 0.6 is 11.3 Å². The average Bonchev–Trinajstić information content (AvgIpc) is 3.36. The number of aromatic nitrogens is 1. The third-order valence-electron chi connectivity index (χ3n) is 6.68. The van der Waals surface area contributed by atoms with Crippen molar-refractivity contribution in [3.05, 3.63) is 64.7 Å². The van der Waals surface area contributed by atoms with Crippen LogP contribution in [0.25, 0.3) is 0 Å². The molecule has 12 heteroatoms. The molecule has 8 nitrogen and oxygen atoms in total. The van der Waals surface area contributed by atoms with Gasteiger partial charge in [-0.1, -0.05) is 6.07 Å². The van der Waals surface area contributed by atoms with Crippen LogP contribution in [0.1, 0.15) is 40.1 Å². The summed E-state index contributed by atoms with van der Waals surface area (Å²) in [5.74, 6) is -0.280. The molecule has 0 radical (unpaired) electrons. The van der Waals surface area contributed by atoms with Crippen LogP contribution in [0.5, 0.6) is 5.75 Å². The monoisotopic (exact) mass is 563 g/mol. The van der Waals surface area contributed by atoms with E-state index in [1.165, 1.54) is 23.5 Å². The molecule has 2 aliphatic heterocycles. The quantitative estimate of drug-likeness (QED) is 0.391. The summed E-state index contributed by atoms with van der Waals surface area (Å²) in [6.45, 7) is 2.30. The Hall–Kier alpha value is -3.19. The van der Waals surface area contributed by atoms with Crippen molar-refractivity contribution in [2.45, 2.75) is 44.2 Å². The number of thiazole rings is 1. The minimum Gasteiger partial charge on any atom is -0.488 e. The Bertz CT molecular complexity index is 1310. The Morgan fingerprint density at radius 1 is 1.26 bits per heavy atom. The van der Waals surface area contributed by atoms with Gasteiger partial charge >= 0.3 is 6.18 Å². The molecule has 3 aromatic rings. The van der Waals surface area contributed by atoms with Crippen LogP contribution in [0.3, 0.4) is 0 Å². The summed E-state index contributed by atoms with van der Waals surface area (Å²) in [5.41, 5.74) is -0.941. The minimum absolute atomic E-state index is 0.00752. The maximum Gasteiger partial charge on any atom is 0.416 e. The second-order valence-corrected chi connectivity index (χ2v) is 10.8. The Morgan fingerprint density at radius 3 is 2.69 bits per heavy atom. The molecule has 39 heavy (non-hydrogen) atoms. The van der Waals surface area contributed by atoms with Gasteiger partial charge in [0.2, 0.25) is 0 Å². The van der Waals surface area contributed by atoms with Crippen LogP contribution in [0.4, 0.5) is 29.7 Å². The Labute approximate surface area is 227 Å². The molecule has 2 aliphatic rings. The lowest BCUT2D eigenvalue weighted by molar-refractivity contribution is -0.175. The largest absolute Gasteiger partial charge is 0.488 e. The average molecular weight is 564 g/mol. The molecule has 3 heterocycles. The second kappa shape index (κ2) is 11.1. The van der Waals surface area contributed by atoms with Crippen molar-refractivity contribution in [1.82, 2.24) is 4.98 Å². The van der Waals surface area contributed by atoms with Crippen LogP contribution < -0.4 is 15.0 Å². The minimum atomic E-state index is -4.47. The summed E-state index contributed by atoms with van der Waals surface area (Å²) in [6, 6.07) is 9.22. The van der Waals surface area contributed by atoms with Crippen molar-refractivity contribution >= 4 is 33.8 Å². The molecule has 1 saturated heterocycles. The lowest BCUT2D eigenvalue weighted by Crippen LogP contribution is -2.60. The van der Waals surface area contributed by atoms with Crippen LogP contribution in [-0.4, -0.2) is 54.3 Å². The lowest BCUT2D eigenvalue weighted by Gasteiger charge is -2.46. The number of aliphatic hydroxyl groups excluding tert-OH is 1. The van der Waals surface area contributed by atoms with E-state index in [0.29, 0.717) is 17.4 Å². The highest BCUT2D eigenvalue weighted by Gasteiger charge is 2.46. The molecule has 208 valence electrons. The maximum atomic E-state index is 13.2. The summed E-state index contributed by atoms with van der Waals surface area (Å²) in [6.07, 6.45) is -0.415. The first kappa shape index (κ1) is 27.4. The van der Waals surface area contributed by atoms with Crippen molar-refractivity contribution in [3.8, 4) is 5.75 Å². The highest BCUT2D eigenvalue weighted by atomic mass is 32.1. The van der Waals surface area contributed by atoms with Gasteiger partial charge in [0.05, 0.1) is 30.0 Å². The number of rotatable bonds is 7. The maximum absolute atomic E-state index is 13.2. The summed E-state index contributed by atoms with van der Waals surface area (Å²) < 4.78 is 56.7. The summed E-state index contributed by atoms with van der Waals surface area (Å²) in [7, 11) is 0. The predicted octanol–water partition coefficient (Wildman–Crippen LogP) is 5.53. The smallest absolute Gasteiger partial charge is 0.416 e. The number of fused-ring (bicyclic) bond motifs is 1. The topological polar surface area (TPSA) is 93.2 Å². The van der Waals surface area contributed by atoms with E-state index in [1.807, 2.05) is 11.8 Å². The molecule has 2 aromatic carbocycles. The summed E-state index contributed by atoms with van der Waals surface area (Å²) >= 11 is 1.43. The zero-order valence-corrected chi connectivity index (χ0v) is 22.0. The molecule has 0 saturated carbocycles. The van der Waals surface area contributed by atoms with Gasteiger partial charge in [0.15, 0.2) is 17.2 Å². The molecule has 1 fully saturated rings. The van der Waals surface area contributed by atoms with E-state index in [0.717, 1.165) is 36.3 Å². The number of carbonyl (C=O) groups excluding carboxylic acids is 1. The standard InChI is InChI=1S/C27H28F3N3O5S/c1-17-13-31-25(39-17)33-21-6-4-5-20(24(35)32-19-10-8-18(9-11-19)27(28,29)30)23(21)38-16-26(33,14-34)15-37-22-7-2-3-12-36-22/h4-6,8-11,13,22,34H,2-3,7,12,14-16H2,1H3,(H,32,35)/t22-,26?/m0/s1. The molecule has 0 spiro atoms. The van der Waals surface area contributed by atoms with Crippen molar-refractivity contribution in [2.75, 3.05) is 36.6 Å². The van der Waals surface area contributed by atoms with Gasteiger partial charge in [0, 0.05) is 23.4 Å². The highest BCUT2D eigenvalue weighted by molar-refractivity contribution is 7.15. The normalized spacial score (nSPS) is 21.3. The fraction of sp³-hybridized carbons (Fsp3) is 0.407. The van der Waals surface area contributed by atoms with Gasteiger partial charge in [-0.05, 0) is 62.6 Å². The number of carbonyl (C=O) groups is 1. The Balaban J connectivity index is 1.46. The van der Waals surface area contributed by atoms with Crippen LogP contribution in [0, 0.1) is 6.92 Å². The first-order valence-electron chi connectivity index (χ1n) is 12.5. The molecule has 1 amide bonds. The number of aliphatic hydroxyl groups is 1. The van der Waals surface area contributed by atoms with E-state index in [4.69, 9.17) is 14.2 Å². The molecule has 0 aliphatic carbocycles. The molecule has 1 aromatic heterocycles. The van der Waals surface area contributed by atoms with E-state index < -0.39 is 23.2 Å². The first-order valence-corrected chi connectivity index (χ1v) is 13.3. The fourth-order valence-corrected chi connectivity index (χ4v) is 5.49. The van der Waals surface area contributed by atoms with Crippen molar-refractivity contribution in [2.24, 2.45) is 0 Å². The number of nitrogens with zero attached hydrogens (tertiary/aromatic N) is 2. The van der Waals surface area contributed by atoms with Gasteiger partial charge in [0.25, 0.3) is 5.91 Å². The van der Waals surface area contributed by atoms with E-state index in [2.05, 4.69) is 10.3 Å². The van der Waals surface area contributed by atoms with E-state index in [-0.39, 0.29) is 43.1 Å². The van der Waals surface area contributed by atoms with Crippen LogP contribution in [-0.2, 0) is 15.7 Å². The zero-order valence-electron chi connectivity index (χ0n) is 21.2. The Morgan fingerprint density at radius 2 is 2.05 bits per heavy atom. The molecular weight excluding hydrogens is 535 g/mol. The number of halogens is 3. The number of benzene rings is 2. The molecule has 5 rings (SSSR count). The third-order valence-corrected chi connectivity index (χ3v) is 7.58. The number of hydrogen-bond acceptors (Lipinski definition) is 8. The number of nitrogens with one attached hydrogen (secondary N) is 1. The highest BCUT2D eigenvalue weighted by Crippen LogP contribution is 2.46. The van der Waals surface area contributed by atoms with Crippen LogP contribution in [0.2, 0.25) is 0 Å². The number of anilines is 3. The molecule has 0 bridgehead atoms. The summed E-state index contributed by atoms with van der Waals surface area (Å²) in [5, 5.41) is 13.9. The van der Waals surface area contributed by atoms with E-state index >= 15 is 0 Å². The van der Waals surface area contributed by atoms with Crippen LogP contribution in [0.15, 0.2) is 48.7 Å². The van der Waals surface area contributed by atoms with E-state index in [9.17, 15) is 23.1 Å². The van der Waals surface area contributed by atoms with E-state index in [1.54, 1.807) is 24.4 Å². The van der Waals surface area contributed by atoms with Gasteiger partial charge in [0.1, 0.15) is 12.1 Å². The van der Waals surface area contributed by atoms with Gasteiger partial charge in [-0.25, -0.2) is 4.98 Å². The summed E-state index contributed by atoms with van der Waals surface area (Å²) in [4.78, 5) is 20.6. The molecule has 1 unspecified atom stereocenters. The number of aryl methyl sites for hydroxylation is 1. The van der Waals surface area contributed by atoms with Crippen molar-refractivity contribution in [3.63, 3.8) is 0 Å². The predicted molar refractivity (Wildman–Crippen MR) is 140 cm³/mol. The molecule has 2 atom stereocenters. The van der Waals surface area contributed by atoms with Gasteiger partial charge in [-0.2, -0.15) is 13.2 Å². The zero-order chi connectivity index (χ0) is 27.6. The van der Waals surface area contributed by atoms with Gasteiger partial charge in [-0.15, -0.1) is 11.3 Å². The van der Waals surface area contributed by atoms with Gasteiger partial charge in [-0.3, -0.25) is 4.79 Å². The van der Waals surface area contributed by atoms with Crippen molar-refractivity contribution in [1.29, 1.82) is 0 Å². The number of amides is 1. The van der Waals surface area contributed by atoms with Gasteiger partial charge < -0.3 is 29.5 Å². The Kier molecular flexibility index (Phi) is 7.81. The lowest BCUT2D eigenvalue weighted by atomic mass is 9.96. The first-order chi connectivity index (χ1) is 18.7. The number of ether oxygens (including phenoxy) is 3. The number of para-hydroxylation sites is 1. The SMILES string of the molecule is Cc1cnc(N2c3cccc(C(=O)Nc4ccc(C(F)(F)F)cc4)c3OCC2(CO)CO[C@H]2CCCCO2)s1. The number of hydrogen-bond donors (Lipinski definition) is 2. The third kappa shape index (κ3) is 5.74. The number of alkyl halides is 3. The van der Waals surface area contributed by atoms with Crippen molar-refractivity contribution < 1.29 is 37.3 Å². The second-order valence-electron chi connectivity index (χ2n) is 9.55. The molecule has 2 N–H and O–H groups in total.